The average molecular weight is 299 g/mol. The first-order chi connectivity index (χ1) is 10.1. The summed E-state index contributed by atoms with van der Waals surface area (Å²) in [7, 11) is 0. The molecule has 0 fully saturated rings. The number of hydrogen-bond acceptors (Lipinski definition) is 2. The van der Waals surface area contributed by atoms with Crippen LogP contribution in [0.4, 0.5) is 0 Å². The maximum absolute atomic E-state index is 12.4. The van der Waals surface area contributed by atoms with Crippen molar-refractivity contribution in [1.82, 2.24) is 0 Å². The summed E-state index contributed by atoms with van der Waals surface area (Å²) in [5.41, 5.74) is 2.71. The van der Waals surface area contributed by atoms with Gasteiger partial charge in [-0.25, -0.2) is 0 Å². The van der Waals surface area contributed by atoms with Gasteiger partial charge in [-0.05, 0) is 29.7 Å². The third-order valence-electron chi connectivity index (χ3n) is 4.00. The molecule has 21 heavy (non-hydrogen) atoms. The Hall–Kier alpha value is -1.93. The number of benzene rings is 2. The predicted octanol–water partition coefficient (Wildman–Crippen LogP) is 4.21. The van der Waals surface area contributed by atoms with E-state index in [1.54, 1.807) is 18.2 Å². The SMILES string of the molecule is O=C(CC1C(=O)CCc2cc(Cl)ccc21)c1ccccc1. The van der Waals surface area contributed by atoms with Gasteiger partial charge in [0.25, 0.3) is 0 Å². The number of aryl methyl sites for hydroxylation is 1. The number of rotatable bonds is 3. The summed E-state index contributed by atoms with van der Waals surface area (Å²) in [4.78, 5) is 24.6. The summed E-state index contributed by atoms with van der Waals surface area (Å²) >= 11 is 6.01. The summed E-state index contributed by atoms with van der Waals surface area (Å²) < 4.78 is 0. The first-order valence-corrected chi connectivity index (χ1v) is 7.42. The number of carbonyl (C=O) groups is 2. The van der Waals surface area contributed by atoms with Gasteiger partial charge in [-0.15, -0.1) is 0 Å². The maximum Gasteiger partial charge on any atom is 0.163 e. The number of ketones is 2. The van der Waals surface area contributed by atoms with Gasteiger partial charge in [0, 0.05) is 23.4 Å². The Morgan fingerprint density at radius 1 is 1.10 bits per heavy atom. The molecule has 0 bridgehead atoms. The van der Waals surface area contributed by atoms with E-state index in [4.69, 9.17) is 11.6 Å². The summed E-state index contributed by atoms with van der Waals surface area (Å²) in [5, 5.41) is 0.677. The van der Waals surface area contributed by atoms with Crippen LogP contribution >= 0.6 is 11.6 Å². The summed E-state index contributed by atoms with van der Waals surface area (Å²) in [6.07, 6.45) is 1.43. The van der Waals surface area contributed by atoms with Crippen LogP contribution in [0.2, 0.25) is 5.02 Å². The number of fused-ring (bicyclic) bond motifs is 1. The highest BCUT2D eigenvalue weighted by Crippen LogP contribution is 2.33. The van der Waals surface area contributed by atoms with Crippen LogP contribution in [0.5, 0.6) is 0 Å². The fraction of sp³-hybridized carbons (Fsp3) is 0.222. The molecule has 0 N–H and O–H groups in total. The van der Waals surface area contributed by atoms with Crippen molar-refractivity contribution < 1.29 is 9.59 Å². The highest BCUT2D eigenvalue weighted by Gasteiger charge is 2.29. The van der Waals surface area contributed by atoms with Gasteiger partial charge in [0.05, 0.1) is 5.92 Å². The van der Waals surface area contributed by atoms with Crippen LogP contribution in [0, 0.1) is 0 Å². The molecule has 1 aliphatic rings. The topological polar surface area (TPSA) is 34.1 Å². The Bertz CT molecular complexity index is 692. The molecule has 0 radical (unpaired) electrons. The standard InChI is InChI=1S/C18H15ClO2/c19-14-7-8-15-13(10-14)6-9-17(20)16(15)11-18(21)12-4-2-1-3-5-12/h1-5,7-8,10,16H,6,9,11H2. The molecule has 1 aliphatic carbocycles. The van der Waals surface area contributed by atoms with E-state index in [-0.39, 0.29) is 23.9 Å². The largest absolute Gasteiger partial charge is 0.299 e. The molecule has 3 rings (SSSR count). The molecule has 0 heterocycles. The molecular weight excluding hydrogens is 284 g/mol. The highest BCUT2D eigenvalue weighted by molar-refractivity contribution is 6.30. The van der Waals surface area contributed by atoms with E-state index >= 15 is 0 Å². The molecular formula is C18H15ClO2. The lowest BCUT2D eigenvalue weighted by Crippen LogP contribution is -2.23. The van der Waals surface area contributed by atoms with E-state index in [0.29, 0.717) is 23.4 Å². The second-order valence-corrected chi connectivity index (χ2v) is 5.79. The molecule has 0 saturated carbocycles. The highest BCUT2D eigenvalue weighted by atomic mass is 35.5. The fourth-order valence-electron chi connectivity index (χ4n) is 2.89. The number of halogens is 1. The van der Waals surface area contributed by atoms with Crippen LogP contribution in [-0.2, 0) is 11.2 Å². The maximum atomic E-state index is 12.4. The second kappa shape index (κ2) is 5.82. The van der Waals surface area contributed by atoms with Gasteiger partial charge in [0.15, 0.2) is 5.78 Å². The Balaban J connectivity index is 1.89. The van der Waals surface area contributed by atoms with Gasteiger partial charge in [-0.2, -0.15) is 0 Å². The molecule has 1 atom stereocenters. The Morgan fingerprint density at radius 3 is 2.62 bits per heavy atom. The number of hydrogen-bond donors (Lipinski definition) is 0. The third-order valence-corrected chi connectivity index (χ3v) is 4.23. The lowest BCUT2D eigenvalue weighted by molar-refractivity contribution is -0.120. The lowest BCUT2D eigenvalue weighted by atomic mass is 9.79. The molecule has 3 heteroatoms. The zero-order valence-electron chi connectivity index (χ0n) is 11.5. The van der Waals surface area contributed by atoms with Crippen molar-refractivity contribution >= 4 is 23.2 Å². The smallest absolute Gasteiger partial charge is 0.163 e. The number of carbonyl (C=O) groups excluding carboxylic acids is 2. The van der Waals surface area contributed by atoms with E-state index in [2.05, 4.69) is 0 Å². The van der Waals surface area contributed by atoms with Gasteiger partial charge in [0.1, 0.15) is 5.78 Å². The zero-order chi connectivity index (χ0) is 14.8. The van der Waals surface area contributed by atoms with Crippen LogP contribution in [0.25, 0.3) is 0 Å². The predicted molar refractivity (Wildman–Crippen MR) is 82.9 cm³/mol. The Kier molecular flexibility index (Phi) is 3.89. The molecule has 2 aromatic rings. The summed E-state index contributed by atoms with van der Waals surface area (Å²) in [6, 6.07) is 14.7. The van der Waals surface area contributed by atoms with E-state index in [1.165, 1.54) is 0 Å². The van der Waals surface area contributed by atoms with Gasteiger partial charge in [0.2, 0.25) is 0 Å². The molecule has 0 aromatic heterocycles. The molecule has 0 amide bonds. The average Bonchev–Trinajstić information content (AvgIpc) is 2.51. The zero-order valence-corrected chi connectivity index (χ0v) is 12.3. The van der Waals surface area contributed by atoms with E-state index < -0.39 is 0 Å². The summed E-state index contributed by atoms with van der Waals surface area (Å²) in [6.45, 7) is 0. The Morgan fingerprint density at radius 2 is 1.86 bits per heavy atom. The van der Waals surface area contributed by atoms with Crippen molar-refractivity contribution in [2.24, 2.45) is 0 Å². The Labute approximate surface area is 128 Å². The molecule has 2 nitrogen and oxygen atoms in total. The molecule has 0 saturated heterocycles. The first kappa shape index (κ1) is 14.0. The lowest BCUT2D eigenvalue weighted by Gasteiger charge is -2.24. The second-order valence-electron chi connectivity index (χ2n) is 5.36. The monoisotopic (exact) mass is 298 g/mol. The third kappa shape index (κ3) is 2.91. The van der Waals surface area contributed by atoms with Crippen molar-refractivity contribution in [2.75, 3.05) is 0 Å². The minimum absolute atomic E-state index is 0.0109. The van der Waals surface area contributed by atoms with Crippen LogP contribution in [-0.4, -0.2) is 11.6 Å². The quantitative estimate of drug-likeness (QED) is 0.795. The van der Waals surface area contributed by atoms with Crippen molar-refractivity contribution in [3.8, 4) is 0 Å². The van der Waals surface area contributed by atoms with Crippen molar-refractivity contribution in [3.05, 3.63) is 70.2 Å². The minimum Gasteiger partial charge on any atom is -0.299 e. The van der Waals surface area contributed by atoms with Gasteiger partial charge in [-0.3, -0.25) is 9.59 Å². The van der Waals surface area contributed by atoms with Crippen molar-refractivity contribution in [3.63, 3.8) is 0 Å². The van der Waals surface area contributed by atoms with Crippen LogP contribution in [0.15, 0.2) is 48.5 Å². The van der Waals surface area contributed by atoms with Crippen molar-refractivity contribution in [1.29, 1.82) is 0 Å². The molecule has 0 spiro atoms. The summed E-state index contributed by atoms with van der Waals surface area (Å²) in [5.74, 6) is -0.176. The number of Topliss-reactive ketones (excluding diaryl/α,β-unsaturated/α-hetero) is 2. The van der Waals surface area contributed by atoms with Gasteiger partial charge < -0.3 is 0 Å². The first-order valence-electron chi connectivity index (χ1n) is 7.04. The van der Waals surface area contributed by atoms with Gasteiger partial charge >= 0.3 is 0 Å². The molecule has 0 aliphatic heterocycles. The fourth-order valence-corrected chi connectivity index (χ4v) is 3.08. The molecule has 2 aromatic carbocycles. The van der Waals surface area contributed by atoms with E-state index in [1.807, 2.05) is 30.3 Å². The van der Waals surface area contributed by atoms with Crippen LogP contribution in [0.3, 0.4) is 0 Å². The van der Waals surface area contributed by atoms with E-state index in [0.717, 1.165) is 11.1 Å². The van der Waals surface area contributed by atoms with E-state index in [9.17, 15) is 9.59 Å². The normalized spacial score (nSPS) is 17.4. The molecule has 106 valence electrons. The van der Waals surface area contributed by atoms with Gasteiger partial charge in [-0.1, -0.05) is 48.0 Å². The van der Waals surface area contributed by atoms with Crippen LogP contribution < -0.4 is 0 Å². The van der Waals surface area contributed by atoms with Crippen LogP contribution in [0.1, 0.15) is 40.2 Å². The van der Waals surface area contributed by atoms with Crippen molar-refractivity contribution in [2.45, 2.75) is 25.2 Å². The molecule has 1 unspecified atom stereocenters. The minimum atomic E-state index is -0.335.